The highest BCUT2D eigenvalue weighted by atomic mass is 16.3. The summed E-state index contributed by atoms with van der Waals surface area (Å²) in [5.41, 5.74) is 1.17. The average Bonchev–Trinajstić information content (AvgIpc) is 2.66. The lowest BCUT2D eigenvalue weighted by Gasteiger charge is -2.70. The average molecular weight is 391 g/mol. The van der Waals surface area contributed by atoms with E-state index in [-0.39, 0.29) is 36.3 Å². The summed E-state index contributed by atoms with van der Waals surface area (Å²) < 4.78 is 0. The van der Waals surface area contributed by atoms with Gasteiger partial charge in [-0.1, -0.05) is 36.8 Å². The lowest BCUT2D eigenvalue weighted by Crippen LogP contribution is -2.86. The van der Waals surface area contributed by atoms with Crippen molar-refractivity contribution in [2.45, 2.75) is 36.8 Å². The van der Waals surface area contributed by atoms with Crippen LogP contribution in [0.15, 0.2) is 54.9 Å². The zero-order valence-corrected chi connectivity index (χ0v) is 16.3. The van der Waals surface area contributed by atoms with Crippen LogP contribution in [0.1, 0.15) is 41.1 Å². The van der Waals surface area contributed by atoms with E-state index in [4.69, 9.17) is 0 Å². The zero-order valence-electron chi connectivity index (χ0n) is 16.3. The van der Waals surface area contributed by atoms with Crippen LogP contribution in [-0.2, 0) is 4.79 Å². The first-order chi connectivity index (χ1) is 14.2. The van der Waals surface area contributed by atoms with Crippen LogP contribution in [-0.4, -0.2) is 63.0 Å². The SMILES string of the molecule is O=C(C1CCC1)N1CC2(C1)[C@H](c1ccccc1)[C@H](CO)N2C(=O)c1cccnc1. The number of aromatic nitrogens is 1. The van der Waals surface area contributed by atoms with E-state index in [0.717, 1.165) is 24.8 Å². The lowest BCUT2D eigenvalue weighted by molar-refractivity contribution is -0.183. The van der Waals surface area contributed by atoms with Gasteiger partial charge in [-0.05, 0) is 30.5 Å². The highest BCUT2D eigenvalue weighted by molar-refractivity contribution is 5.96. The molecule has 2 amide bonds. The fraction of sp³-hybridized carbons (Fsp3) is 0.435. The van der Waals surface area contributed by atoms with Crippen molar-refractivity contribution in [3.05, 3.63) is 66.0 Å². The molecule has 6 nitrogen and oxygen atoms in total. The van der Waals surface area contributed by atoms with Crippen molar-refractivity contribution in [1.82, 2.24) is 14.8 Å². The highest BCUT2D eigenvalue weighted by Crippen LogP contribution is 2.54. The van der Waals surface area contributed by atoms with E-state index >= 15 is 0 Å². The van der Waals surface area contributed by atoms with Crippen molar-refractivity contribution < 1.29 is 14.7 Å². The van der Waals surface area contributed by atoms with E-state index in [9.17, 15) is 14.7 Å². The number of hydrogen-bond acceptors (Lipinski definition) is 4. The van der Waals surface area contributed by atoms with Crippen LogP contribution in [0.5, 0.6) is 0 Å². The molecule has 1 spiro atoms. The van der Waals surface area contributed by atoms with E-state index in [2.05, 4.69) is 17.1 Å². The summed E-state index contributed by atoms with van der Waals surface area (Å²) in [5.74, 6) is 0.258. The minimum Gasteiger partial charge on any atom is -0.394 e. The number of benzene rings is 1. The Kier molecular flexibility index (Phi) is 4.39. The number of aliphatic hydroxyl groups excluding tert-OH is 1. The number of likely N-dealkylation sites (tertiary alicyclic amines) is 2. The Morgan fingerprint density at radius 2 is 1.86 bits per heavy atom. The predicted octanol–water partition coefficient (Wildman–Crippen LogP) is 2.06. The Morgan fingerprint density at radius 1 is 1.10 bits per heavy atom. The van der Waals surface area contributed by atoms with Gasteiger partial charge in [-0.2, -0.15) is 0 Å². The first kappa shape index (κ1) is 18.3. The maximum atomic E-state index is 13.3. The maximum absolute atomic E-state index is 13.3. The van der Waals surface area contributed by atoms with Crippen molar-refractivity contribution >= 4 is 11.8 Å². The Morgan fingerprint density at radius 3 is 2.45 bits per heavy atom. The molecule has 1 aliphatic carbocycles. The van der Waals surface area contributed by atoms with Gasteiger partial charge in [0.2, 0.25) is 5.91 Å². The van der Waals surface area contributed by atoms with Gasteiger partial charge in [0.25, 0.3) is 5.91 Å². The molecule has 1 N–H and O–H groups in total. The molecular weight excluding hydrogens is 366 g/mol. The fourth-order valence-corrected chi connectivity index (χ4v) is 5.30. The molecule has 0 radical (unpaired) electrons. The largest absolute Gasteiger partial charge is 0.394 e. The molecule has 2 atom stereocenters. The Balaban J connectivity index is 1.46. The molecule has 1 aromatic carbocycles. The molecule has 1 aromatic heterocycles. The number of amides is 2. The number of carbonyl (C=O) groups is 2. The smallest absolute Gasteiger partial charge is 0.256 e. The monoisotopic (exact) mass is 391 g/mol. The molecule has 0 unspecified atom stereocenters. The van der Waals surface area contributed by atoms with E-state index in [1.54, 1.807) is 24.5 Å². The number of pyridine rings is 1. The van der Waals surface area contributed by atoms with Crippen LogP contribution in [0, 0.1) is 5.92 Å². The molecular formula is C23H25N3O3. The standard InChI is InChI=1S/C23H25N3O3/c27-13-19-20(16-6-2-1-3-7-16)23(14-25(15-23)21(28)17-8-4-9-17)26(19)22(29)18-10-5-11-24-12-18/h1-3,5-7,10-12,17,19-20,27H,4,8-9,13-15H2/t19-,20+/m0/s1. The minimum atomic E-state index is -0.457. The summed E-state index contributed by atoms with van der Waals surface area (Å²) in [7, 11) is 0. The third-order valence-corrected chi connectivity index (χ3v) is 6.94. The fourth-order valence-electron chi connectivity index (χ4n) is 5.30. The quantitative estimate of drug-likeness (QED) is 0.866. The number of aliphatic hydroxyl groups is 1. The number of rotatable bonds is 4. The van der Waals surface area contributed by atoms with Crippen LogP contribution in [0.3, 0.4) is 0 Å². The van der Waals surface area contributed by atoms with E-state index in [1.165, 1.54) is 0 Å². The second-order valence-corrected chi connectivity index (χ2v) is 8.48. The Bertz CT molecular complexity index is 907. The number of nitrogens with zero attached hydrogens (tertiary/aromatic N) is 3. The van der Waals surface area contributed by atoms with Crippen molar-refractivity contribution in [3.8, 4) is 0 Å². The van der Waals surface area contributed by atoms with E-state index < -0.39 is 5.54 Å². The van der Waals surface area contributed by atoms with Crippen molar-refractivity contribution in [1.29, 1.82) is 0 Å². The van der Waals surface area contributed by atoms with Gasteiger partial charge in [-0.25, -0.2) is 0 Å². The molecule has 6 heteroatoms. The topological polar surface area (TPSA) is 73.7 Å². The van der Waals surface area contributed by atoms with Gasteiger partial charge in [0.15, 0.2) is 0 Å². The summed E-state index contributed by atoms with van der Waals surface area (Å²) in [5, 5.41) is 10.2. The van der Waals surface area contributed by atoms with E-state index in [0.29, 0.717) is 18.7 Å². The second-order valence-electron chi connectivity index (χ2n) is 8.48. The maximum Gasteiger partial charge on any atom is 0.256 e. The predicted molar refractivity (Wildman–Crippen MR) is 107 cm³/mol. The summed E-state index contributed by atoms with van der Waals surface area (Å²) in [6, 6.07) is 13.2. The summed E-state index contributed by atoms with van der Waals surface area (Å²) in [6.45, 7) is 0.957. The number of carbonyl (C=O) groups excluding carboxylic acids is 2. The Hall–Kier alpha value is -2.73. The third-order valence-electron chi connectivity index (χ3n) is 6.94. The molecule has 2 aliphatic heterocycles. The molecule has 29 heavy (non-hydrogen) atoms. The molecule has 3 heterocycles. The molecule has 3 fully saturated rings. The third kappa shape index (κ3) is 2.69. The van der Waals surface area contributed by atoms with Crippen LogP contribution >= 0.6 is 0 Å². The summed E-state index contributed by atoms with van der Waals surface area (Å²) >= 11 is 0. The zero-order chi connectivity index (χ0) is 20.0. The molecule has 0 bridgehead atoms. The first-order valence-corrected chi connectivity index (χ1v) is 10.3. The summed E-state index contributed by atoms with van der Waals surface area (Å²) in [4.78, 5) is 33.9. The van der Waals surface area contributed by atoms with Gasteiger partial charge in [0, 0.05) is 37.3 Å². The van der Waals surface area contributed by atoms with Crippen LogP contribution in [0.25, 0.3) is 0 Å². The molecule has 2 saturated heterocycles. The van der Waals surface area contributed by atoms with Crippen molar-refractivity contribution in [2.24, 2.45) is 5.92 Å². The lowest BCUT2D eigenvalue weighted by atomic mass is 9.60. The molecule has 2 aromatic rings. The Labute approximate surface area is 170 Å². The minimum absolute atomic E-state index is 0.0137. The van der Waals surface area contributed by atoms with Crippen molar-refractivity contribution in [2.75, 3.05) is 19.7 Å². The molecule has 3 aliphatic rings. The van der Waals surface area contributed by atoms with Gasteiger partial charge in [0.05, 0.1) is 23.8 Å². The van der Waals surface area contributed by atoms with E-state index in [1.807, 2.05) is 28.0 Å². The van der Waals surface area contributed by atoms with Gasteiger partial charge in [-0.15, -0.1) is 0 Å². The molecule has 1 saturated carbocycles. The highest BCUT2D eigenvalue weighted by Gasteiger charge is 2.68. The van der Waals surface area contributed by atoms with Gasteiger partial charge in [-0.3, -0.25) is 14.6 Å². The van der Waals surface area contributed by atoms with Crippen LogP contribution in [0.2, 0.25) is 0 Å². The normalized spacial score (nSPS) is 25.1. The van der Waals surface area contributed by atoms with Gasteiger partial charge in [0.1, 0.15) is 0 Å². The van der Waals surface area contributed by atoms with Gasteiger partial charge >= 0.3 is 0 Å². The second kappa shape index (κ2) is 6.95. The summed E-state index contributed by atoms with van der Waals surface area (Å²) in [6.07, 6.45) is 6.28. The van der Waals surface area contributed by atoms with Crippen LogP contribution < -0.4 is 0 Å². The number of hydrogen-bond donors (Lipinski definition) is 1. The van der Waals surface area contributed by atoms with Crippen molar-refractivity contribution in [3.63, 3.8) is 0 Å². The first-order valence-electron chi connectivity index (χ1n) is 10.3. The van der Waals surface area contributed by atoms with Gasteiger partial charge < -0.3 is 14.9 Å². The van der Waals surface area contributed by atoms with Crippen LogP contribution in [0.4, 0.5) is 0 Å². The molecule has 150 valence electrons. The molecule has 5 rings (SSSR count).